The van der Waals surface area contributed by atoms with Crippen molar-refractivity contribution < 1.29 is 14.5 Å². The lowest BCUT2D eigenvalue weighted by Crippen LogP contribution is -2.44. The Kier molecular flexibility index (Phi) is 3.93. The molecule has 0 amide bonds. The van der Waals surface area contributed by atoms with E-state index < -0.39 is 10.5 Å². The van der Waals surface area contributed by atoms with Gasteiger partial charge in [-0.25, -0.2) is 0 Å². The first kappa shape index (κ1) is 12.5. The highest BCUT2D eigenvalue weighted by Gasteiger charge is 2.47. The van der Waals surface area contributed by atoms with Gasteiger partial charge in [0.15, 0.2) is 5.78 Å². The second kappa shape index (κ2) is 5.01. The van der Waals surface area contributed by atoms with Crippen molar-refractivity contribution in [1.82, 2.24) is 0 Å². The summed E-state index contributed by atoms with van der Waals surface area (Å²) >= 11 is 0. The fraction of sp³-hybridized carbons (Fsp3) is 0.636. The summed E-state index contributed by atoms with van der Waals surface area (Å²) in [6.07, 6.45) is 4.90. The van der Waals surface area contributed by atoms with E-state index in [0.29, 0.717) is 12.8 Å². The summed E-state index contributed by atoms with van der Waals surface area (Å²) in [4.78, 5) is 33.1. The smallest absolute Gasteiger partial charge is 0.295 e. The van der Waals surface area contributed by atoms with Crippen LogP contribution in [-0.4, -0.2) is 22.0 Å². The largest absolute Gasteiger partial charge is 0.297 e. The van der Waals surface area contributed by atoms with Crippen LogP contribution in [0.1, 0.15) is 39.0 Å². The predicted molar refractivity (Wildman–Crippen MR) is 57.6 cm³/mol. The number of allylic oxidation sites excluding steroid dienone is 1. The van der Waals surface area contributed by atoms with E-state index in [2.05, 4.69) is 0 Å². The molecule has 1 aliphatic carbocycles. The molecule has 0 radical (unpaired) electrons. The van der Waals surface area contributed by atoms with Crippen LogP contribution in [0.2, 0.25) is 0 Å². The molecule has 16 heavy (non-hydrogen) atoms. The number of hydrogen-bond donors (Lipinski definition) is 0. The van der Waals surface area contributed by atoms with E-state index in [4.69, 9.17) is 0 Å². The molecule has 88 valence electrons. The Labute approximate surface area is 93.7 Å². The van der Waals surface area contributed by atoms with Crippen molar-refractivity contribution in [2.45, 2.75) is 44.6 Å². The predicted octanol–water partition coefficient (Wildman–Crippen LogP) is 1.68. The van der Waals surface area contributed by atoms with Crippen molar-refractivity contribution in [2.75, 3.05) is 0 Å². The lowest BCUT2D eigenvalue weighted by atomic mass is 9.89. The minimum absolute atomic E-state index is 0.197. The summed E-state index contributed by atoms with van der Waals surface area (Å²) in [6.45, 7) is 1.31. The summed E-state index contributed by atoms with van der Waals surface area (Å²) in [6, 6.07) is 0. The third-order valence-electron chi connectivity index (χ3n) is 2.86. The van der Waals surface area contributed by atoms with E-state index >= 15 is 0 Å². The summed E-state index contributed by atoms with van der Waals surface area (Å²) < 4.78 is 0. The van der Waals surface area contributed by atoms with Crippen molar-refractivity contribution >= 4 is 11.6 Å². The van der Waals surface area contributed by atoms with Crippen molar-refractivity contribution in [2.24, 2.45) is 0 Å². The topological polar surface area (TPSA) is 77.3 Å². The molecule has 0 aromatic carbocycles. The first-order chi connectivity index (χ1) is 7.49. The number of Topliss-reactive ketones (excluding diaryl/α,β-unsaturated/α-hetero) is 1. The molecule has 5 nitrogen and oxygen atoms in total. The van der Waals surface area contributed by atoms with Crippen LogP contribution < -0.4 is 0 Å². The molecular weight excluding hydrogens is 210 g/mol. The molecule has 0 bridgehead atoms. The molecule has 1 fully saturated rings. The van der Waals surface area contributed by atoms with E-state index in [-0.39, 0.29) is 24.4 Å². The maximum Gasteiger partial charge on any atom is 0.297 e. The van der Waals surface area contributed by atoms with Crippen molar-refractivity contribution in [1.29, 1.82) is 0 Å². The Balaban J connectivity index is 3.06. The molecule has 1 rings (SSSR count). The standard InChI is InChI=1S/C11H15NO4/c1-9(13)6-8-11(12(15)16)7-4-2-3-5-10(11)14/h6,8H,2-5,7H2,1H3/b8-6+. The number of ketones is 2. The summed E-state index contributed by atoms with van der Waals surface area (Å²) in [5.41, 5.74) is -1.66. The number of rotatable bonds is 3. The van der Waals surface area contributed by atoms with Gasteiger partial charge in [-0.1, -0.05) is 6.42 Å². The van der Waals surface area contributed by atoms with Crippen LogP contribution in [0.4, 0.5) is 0 Å². The van der Waals surface area contributed by atoms with Crippen molar-refractivity contribution in [3.8, 4) is 0 Å². The van der Waals surface area contributed by atoms with Crippen molar-refractivity contribution in [3.05, 3.63) is 22.3 Å². The lowest BCUT2D eigenvalue weighted by Gasteiger charge is -2.17. The zero-order valence-electron chi connectivity index (χ0n) is 9.27. The zero-order valence-corrected chi connectivity index (χ0v) is 9.27. The Bertz CT molecular complexity index is 348. The molecule has 1 unspecified atom stereocenters. The van der Waals surface area contributed by atoms with Crippen LogP contribution in [0, 0.1) is 10.1 Å². The number of carbonyl (C=O) groups is 2. The molecule has 1 aliphatic rings. The van der Waals surface area contributed by atoms with Crippen LogP contribution in [0.3, 0.4) is 0 Å². The minimum Gasteiger partial charge on any atom is -0.295 e. The Hall–Kier alpha value is -1.52. The van der Waals surface area contributed by atoms with Crippen LogP contribution in [0.5, 0.6) is 0 Å². The van der Waals surface area contributed by atoms with Crippen LogP contribution in [-0.2, 0) is 9.59 Å². The average molecular weight is 225 g/mol. The summed E-state index contributed by atoms with van der Waals surface area (Å²) in [5.74, 6) is -0.661. The zero-order chi connectivity index (χ0) is 12.2. The van der Waals surface area contributed by atoms with Crippen LogP contribution in [0.15, 0.2) is 12.2 Å². The third kappa shape index (κ3) is 2.53. The van der Waals surface area contributed by atoms with Gasteiger partial charge < -0.3 is 0 Å². The monoisotopic (exact) mass is 225 g/mol. The SMILES string of the molecule is CC(=O)/C=C/C1([N+](=O)[O-])CCCCCC1=O. The van der Waals surface area contributed by atoms with Gasteiger partial charge in [-0.05, 0) is 25.8 Å². The van der Waals surface area contributed by atoms with E-state index in [1.807, 2.05) is 0 Å². The van der Waals surface area contributed by atoms with Gasteiger partial charge in [0.1, 0.15) is 0 Å². The molecule has 0 heterocycles. The molecule has 0 aromatic rings. The number of hydrogen-bond acceptors (Lipinski definition) is 4. The molecule has 5 heteroatoms. The molecule has 1 atom stereocenters. The van der Waals surface area contributed by atoms with E-state index in [1.165, 1.54) is 13.0 Å². The van der Waals surface area contributed by atoms with E-state index in [9.17, 15) is 19.7 Å². The first-order valence-corrected chi connectivity index (χ1v) is 5.36. The molecule has 0 spiro atoms. The fourth-order valence-electron chi connectivity index (χ4n) is 1.90. The Morgan fingerprint density at radius 2 is 2.12 bits per heavy atom. The van der Waals surface area contributed by atoms with E-state index in [0.717, 1.165) is 12.5 Å². The number of nitro groups is 1. The van der Waals surface area contributed by atoms with Gasteiger partial charge in [0, 0.05) is 23.8 Å². The molecule has 0 aliphatic heterocycles. The van der Waals surface area contributed by atoms with Crippen LogP contribution >= 0.6 is 0 Å². The third-order valence-corrected chi connectivity index (χ3v) is 2.86. The number of carbonyl (C=O) groups excluding carboxylic acids is 2. The highest BCUT2D eigenvalue weighted by Crippen LogP contribution is 2.28. The van der Waals surface area contributed by atoms with Crippen LogP contribution in [0.25, 0.3) is 0 Å². The van der Waals surface area contributed by atoms with Gasteiger partial charge in [0.25, 0.3) is 5.54 Å². The molecule has 0 saturated heterocycles. The highest BCUT2D eigenvalue weighted by molar-refractivity contribution is 5.93. The second-order valence-corrected chi connectivity index (χ2v) is 4.11. The van der Waals surface area contributed by atoms with Gasteiger partial charge in [-0.15, -0.1) is 0 Å². The van der Waals surface area contributed by atoms with Crippen molar-refractivity contribution in [3.63, 3.8) is 0 Å². The Morgan fingerprint density at radius 1 is 1.44 bits per heavy atom. The van der Waals surface area contributed by atoms with Gasteiger partial charge in [0.05, 0.1) is 0 Å². The summed E-state index contributed by atoms with van der Waals surface area (Å²) in [5, 5.41) is 11.1. The van der Waals surface area contributed by atoms with Gasteiger partial charge in [-0.2, -0.15) is 0 Å². The maximum atomic E-state index is 11.8. The first-order valence-electron chi connectivity index (χ1n) is 5.36. The van der Waals surface area contributed by atoms with Gasteiger partial charge in [-0.3, -0.25) is 19.7 Å². The average Bonchev–Trinajstić information content (AvgIpc) is 2.38. The number of nitrogens with zero attached hydrogens (tertiary/aromatic N) is 1. The Morgan fingerprint density at radius 3 is 2.69 bits per heavy atom. The second-order valence-electron chi connectivity index (χ2n) is 4.11. The van der Waals surface area contributed by atoms with E-state index in [1.54, 1.807) is 0 Å². The maximum absolute atomic E-state index is 11.8. The lowest BCUT2D eigenvalue weighted by molar-refractivity contribution is -0.538. The highest BCUT2D eigenvalue weighted by atomic mass is 16.6. The quantitative estimate of drug-likeness (QED) is 0.317. The van der Waals surface area contributed by atoms with Gasteiger partial charge in [0.2, 0.25) is 5.78 Å². The molecule has 0 aromatic heterocycles. The van der Waals surface area contributed by atoms with Gasteiger partial charge >= 0.3 is 0 Å². The molecule has 1 saturated carbocycles. The summed E-state index contributed by atoms with van der Waals surface area (Å²) in [7, 11) is 0. The molecular formula is C11H15NO4. The molecule has 0 N–H and O–H groups in total. The fourth-order valence-corrected chi connectivity index (χ4v) is 1.90. The minimum atomic E-state index is -1.66. The normalized spacial score (nSPS) is 26.7.